The van der Waals surface area contributed by atoms with E-state index in [1.165, 1.54) is 11.1 Å². The number of pyridine rings is 2. The summed E-state index contributed by atoms with van der Waals surface area (Å²) in [6, 6.07) is 8.41. The maximum atomic E-state index is 12.5. The van der Waals surface area contributed by atoms with Gasteiger partial charge < -0.3 is 10.1 Å². The van der Waals surface area contributed by atoms with Crippen molar-refractivity contribution in [2.24, 2.45) is 5.92 Å². The number of amides is 1. The number of nitrogens with zero attached hydrogens (tertiary/aromatic N) is 3. The molecular formula is C25H34N4O2. The van der Waals surface area contributed by atoms with Gasteiger partial charge in [0, 0.05) is 37.8 Å². The van der Waals surface area contributed by atoms with Crippen molar-refractivity contribution in [3.05, 3.63) is 41.6 Å². The first kappa shape index (κ1) is 21.8. The van der Waals surface area contributed by atoms with Gasteiger partial charge in [0.05, 0.1) is 0 Å². The molecule has 2 aromatic heterocycles. The van der Waals surface area contributed by atoms with Crippen molar-refractivity contribution in [1.29, 1.82) is 0 Å². The van der Waals surface area contributed by atoms with Crippen LogP contribution in [0, 0.1) is 5.92 Å². The van der Waals surface area contributed by atoms with E-state index in [9.17, 15) is 4.79 Å². The van der Waals surface area contributed by atoms with E-state index in [2.05, 4.69) is 56.2 Å². The first-order chi connectivity index (χ1) is 14.9. The summed E-state index contributed by atoms with van der Waals surface area (Å²) in [5.41, 5.74) is 2.48. The second-order valence-corrected chi connectivity index (χ2v) is 9.43. The zero-order valence-electron chi connectivity index (χ0n) is 19.1. The van der Waals surface area contributed by atoms with Crippen LogP contribution in [-0.2, 0) is 14.9 Å². The zero-order chi connectivity index (χ0) is 22.0. The number of nitrogens with one attached hydrogen (secondary N) is 1. The third-order valence-electron chi connectivity index (χ3n) is 6.93. The average Bonchev–Trinajstić information content (AvgIpc) is 3.20. The largest absolute Gasteiger partial charge is 0.381 e. The van der Waals surface area contributed by atoms with Crippen LogP contribution in [0.5, 0.6) is 0 Å². The highest BCUT2D eigenvalue weighted by molar-refractivity contribution is 5.94. The fourth-order valence-corrected chi connectivity index (χ4v) is 4.84. The van der Waals surface area contributed by atoms with Crippen LogP contribution in [0.3, 0.4) is 0 Å². The van der Waals surface area contributed by atoms with Crippen molar-refractivity contribution in [3.63, 3.8) is 0 Å². The van der Waals surface area contributed by atoms with Gasteiger partial charge in [-0.3, -0.25) is 9.69 Å². The van der Waals surface area contributed by atoms with Crippen molar-refractivity contribution in [1.82, 2.24) is 9.97 Å². The summed E-state index contributed by atoms with van der Waals surface area (Å²) in [6.07, 6.45) is 5.26. The number of hydrogen-bond acceptors (Lipinski definition) is 5. The van der Waals surface area contributed by atoms with Gasteiger partial charge in [0.15, 0.2) is 0 Å². The lowest BCUT2D eigenvalue weighted by atomic mass is 9.67. The Balaban J connectivity index is 1.76. The Kier molecular flexibility index (Phi) is 6.28. The highest BCUT2D eigenvalue weighted by Gasteiger charge is 2.38. The third kappa shape index (κ3) is 4.45. The molecular weight excluding hydrogens is 388 g/mol. The van der Waals surface area contributed by atoms with Crippen molar-refractivity contribution >= 4 is 23.4 Å². The second kappa shape index (κ2) is 8.95. The first-order valence-corrected chi connectivity index (χ1v) is 11.5. The Morgan fingerprint density at radius 1 is 1.10 bits per heavy atom. The number of hydrogen-bond donors (Lipinski definition) is 1. The van der Waals surface area contributed by atoms with E-state index >= 15 is 0 Å². The molecule has 2 saturated heterocycles. The van der Waals surface area contributed by atoms with Crippen molar-refractivity contribution < 1.29 is 9.53 Å². The minimum Gasteiger partial charge on any atom is -0.381 e. The molecule has 31 heavy (non-hydrogen) atoms. The molecule has 2 aromatic rings. The number of carbonyl (C=O) groups is 1. The van der Waals surface area contributed by atoms with Gasteiger partial charge in [0.25, 0.3) is 0 Å². The molecule has 2 aliphatic rings. The van der Waals surface area contributed by atoms with Gasteiger partial charge in [0.2, 0.25) is 5.91 Å². The van der Waals surface area contributed by atoms with E-state index in [1.54, 1.807) is 0 Å². The molecule has 0 unspecified atom stereocenters. The standard InChI is InChI=1S/C25H34N4O2/c1-17(2)19-7-10-26-21(14-19)27-22-15-20(25(18(3)4)8-12-31-13-9-25)16-23(28-22)29-11-5-6-24(29)30/h7,10,14-18H,5-6,8-9,11-13H2,1-4H3,(H,26,27,28). The molecule has 0 spiro atoms. The summed E-state index contributed by atoms with van der Waals surface area (Å²) >= 11 is 0. The van der Waals surface area contributed by atoms with Crippen molar-refractivity contribution in [2.45, 2.75) is 64.7 Å². The zero-order valence-corrected chi connectivity index (χ0v) is 19.1. The molecule has 0 radical (unpaired) electrons. The molecule has 6 nitrogen and oxygen atoms in total. The van der Waals surface area contributed by atoms with Crippen molar-refractivity contribution in [2.75, 3.05) is 30.0 Å². The monoisotopic (exact) mass is 422 g/mol. The molecule has 0 aromatic carbocycles. The molecule has 0 saturated carbocycles. The molecule has 2 fully saturated rings. The fraction of sp³-hybridized carbons (Fsp3) is 0.560. The van der Waals surface area contributed by atoms with Gasteiger partial charge in [0.1, 0.15) is 17.5 Å². The van der Waals surface area contributed by atoms with Crippen LogP contribution in [0.4, 0.5) is 17.5 Å². The minimum atomic E-state index is 0.0162. The Hall–Kier alpha value is -2.47. The molecule has 166 valence electrons. The van der Waals surface area contributed by atoms with E-state index in [0.29, 0.717) is 18.3 Å². The molecule has 2 aliphatic heterocycles. The third-order valence-corrected chi connectivity index (χ3v) is 6.93. The summed E-state index contributed by atoms with van der Waals surface area (Å²) in [4.78, 5) is 23.7. The SMILES string of the molecule is CC(C)c1ccnc(Nc2cc(C3(C(C)C)CCOCC3)cc(N3CCCC3=O)n2)c1. The maximum absolute atomic E-state index is 12.5. The van der Waals surface area contributed by atoms with E-state index in [1.807, 2.05) is 17.2 Å². The lowest BCUT2D eigenvalue weighted by molar-refractivity contribution is -0.117. The number of aromatic nitrogens is 2. The summed E-state index contributed by atoms with van der Waals surface area (Å²) < 4.78 is 5.70. The van der Waals surface area contributed by atoms with Crippen LogP contribution in [0.1, 0.15) is 70.4 Å². The van der Waals surface area contributed by atoms with Crippen LogP contribution in [0.2, 0.25) is 0 Å². The van der Waals surface area contributed by atoms with Gasteiger partial charge in [-0.2, -0.15) is 0 Å². The molecule has 1 amide bonds. The Bertz CT molecular complexity index is 935. The summed E-state index contributed by atoms with van der Waals surface area (Å²) in [7, 11) is 0. The normalized spacial score (nSPS) is 18.8. The minimum absolute atomic E-state index is 0.0162. The molecule has 0 bridgehead atoms. The molecule has 0 atom stereocenters. The predicted molar refractivity (Wildman–Crippen MR) is 124 cm³/mol. The highest BCUT2D eigenvalue weighted by Crippen LogP contribution is 2.43. The van der Waals surface area contributed by atoms with Crippen molar-refractivity contribution in [3.8, 4) is 0 Å². The van der Waals surface area contributed by atoms with E-state index in [0.717, 1.165) is 56.5 Å². The van der Waals surface area contributed by atoms with Gasteiger partial charge in [-0.15, -0.1) is 0 Å². The fourth-order valence-electron chi connectivity index (χ4n) is 4.84. The molecule has 4 rings (SSSR count). The number of rotatable bonds is 6. The lowest BCUT2D eigenvalue weighted by Gasteiger charge is -2.41. The van der Waals surface area contributed by atoms with Gasteiger partial charge in [-0.25, -0.2) is 9.97 Å². The number of ether oxygens (including phenoxy) is 1. The summed E-state index contributed by atoms with van der Waals surface area (Å²) in [5, 5.41) is 3.42. The quantitative estimate of drug-likeness (QED) is 0.695. The Labute approximate surface area is 185 Å². The molecule has 1 N–H and O–H groups in total. The maximum Gasteiger partial charge on any atom is 0.228 e. The summed E-state index contributed by atoms with van der Waals surface area (Å²) in [6.45, 7) is 11.2. The molecule has 4 heterocycles. The number of anilines is 3. The summed E-state index contributed by atoms with van der Waals surface area (Å²) in [5.74, 6) is 3.30. The van der Waals surface area contributed by atoms with Crippen LogP contribution in [-0.4, -0.2) is 35.6 Å². The van der Waals surface area contributed by atoms with Crippen LogP contribution >= 0.6 is 0 Å². The molecule has 6 heteroatoms. The van der Waals surface area contributed by atoms with Crippen LogP contribution < -0.4 is 10.2 Å². The number of carbonyl (C=O) groups excluding carboxylic acids is 1. The smallest absolute Gasteiger partial charge is 0.228 e. The van der Waals surface area contributed by atoms with Gasteiger partial charge in [-0.1, -0.05) is 27.7 Å². The van der Waals surface area contributed by atoms with Crippen LogP contribution in [0.15, 0.2) is 30.5 Å². The van der Waals surface area contributed by atoms with E-state index < -0.39 is 0 Å². The highest BCUT2D eigenvalue weighted by atomic mass is 16.5. The lowest BCUT2D eigenvalue weighted by Crippen LogP contribution is -2.39. The Morgan fingerprint density at radius 2 is 1.87 bits per heavy atom. The first-order valence-electron chi connectivity index (χ1n) is 11.5. The van der Waals surface area contributed by atoms with E-state index in [4.69, 9.17) is 9.72 Å². The average molecular weight is 423 g/mol. The van der Waals surface area contributed by atoms with Gasteiger partial charge in [-0.05, 0) is 66.5 Å². The predicted octanol–water partition coefficient (Wildman–Crippen LogP) is 5.17. The second-order valence-electron chi connectivity index (χ2n) is 9.43. The van der Waals surface area contributed by atoms with Gasteiger partial charge >= 0.3 is 0 Å². The Morgan fingerprint density at radius 3 is 2.52 bits per heavy atom. The molecule has 0 aliphatic carbocycles. The van der Waals surface area contributed by atoms with E-state index in [-0.39, 0.29) is 11.3 Å². The van der Waals surface area contributed by atoms with Crippen LogP contribution in [0.25, 0.3) is 0 Å². The topological polar surface area (TPSA) is 67.4 Å².